The first-order chi connectivity index (χ1) is 10.4. The molecular formula is C15H21N5O2. The number of pyridine rings is 1. The maximum atomic E-state index is 12.3. The Morgan fingerprint density at radius 3 is 2.59 bits per heavy atom. The molecule has 0 saturated carbocycles. The molecule has 2 N–H and O–H groups in total. The van der Waals surface area contributed by atoms with Gasteiger partial charge in [-0.15, -0.1) is 0 Å². The highest BCUT2D eigenvalue weighted by atomic mass is 16.5. The molecule has 0 spiro atoms. The molecule has 0 radical (unpaired) electrons. The largest absolute Gasteiger partial charge is 0.481 e. The molecule has 2 heterocycles. The van der Waals surface area contributed by atoms with Crippen molar-refractivity contribution in [3.63, 3.8) is 0 Å². The number of carbonyl (C=O) groups excluding carboxylic acids is 1. The summed E-state index contributed by atoms with van der Waals surface area (Å²) in [5.41, 5.74) is 3.23. The molecule has 7 heteroatoms. The van der Waals surface area contributed by atoms with Gasteiger partial charge in [-0.25, -0.2) is 4.98 Å². The van der Waals surface area contributed by atoms with Gasteiger partial charge in [-0.3, -0.25) is 9.48 Å². The first-order valence-electron chi connectivity index (χ1n) is 7.00. The summed E-state index contributed by atoms with van der Waals surface area (Å²) in [6.07, 6.45) is 1.63. The number of aromatic nitrogens is 3. The Labute approximate surface area is 129 Å². The molecule has 0 unspecified atom stereocenters. The molecule has 0 aromatic carbocycles. The number of hydrogen-bond donors (Lipinski definition) is 2. The van der Waals surface area contributed by atoms with Crippen LogP contribution < -0.4 is 15.4 Å². The fourth-order valence-electron chi connectivity index (χ4n) is 2.09. The zero-order chi connectivity index (χ0) is 16.3. The zero-order valence-corrected chi connectivity index (χ0v) is 13.5. The van der Waals surface area contributed by atoms with Crippen molar-refractivity contribution in [1.82, 2.24) is 14.8 Å². The fraction of sp³-hybridized carbons (Fsp3) is 0.400. The molecule has 0 bridgehead atoms. The highest BCUT2D eigenvalue weighted by molar-refractivity contribution is 5.97. The number of anilines is 2. The minimum atomic E-state index is -0.408. The number of aryl methyl sites for hydroxylation is 2. The molecule has 22 heavy (non-hydrogen) atoms. The molecule has 0 fully saturated rings. The second-order valence-electron chi connectivity index (χ2n) is 5.11. The van der Waals surface area contributed by atoms with Crippen LogP contribution >= 0.6 is 0 Å². The van der Waals surface area contributed by atoms with Crippen molar-refractivity contribution in [2.45, 2.75) is 26.8 Å². The van der Waals surface area contributed by atoms with Gasteiger partial charge < -0.3 is 15.4 Å². The SMILES string of the molecule is COc1ccc(N[C@@H](C)C(=O)Nc2c(C)nn(C)c2C)cn1. The maximum absolute atomic E-state index is 12.3. The van der Waals surface area contributed by atoms with Crippen LogP contribution in [0.5, 0.6) is 5.88 Å². The van der Waals surface area contributed by atoms with E-state index in [4.69, 9.17) is 4.74 Å². The second-order valence-corrected chi connectivity index (χ2v) is 5.11. The Hall–Kier alpha value is -2.57. The van der Waals surface area contributed by atoms with E-state index in [9.17, 15) is 4.79 Å². The number of hydrogen-bond acceptors (Lipinski definition) is 5. The molecular weight excluding hydrogens is 282 g/mol. The lowest BCUT2D eigenvalue weighted by Gasteiger charge is -2.15. The monoisotopic (exact) mass is 303 g/mol. The molecule has 1 amide bonds. The van der Waals surface area contributed by atoms with Gasteiger partial charge in [0.05, 0.1) is 36.1 Å². The van der Waals surface area contributed by atoms with Crippen LogP contribution in [0, 0.1) is 13.8 Å². The van der Waals surface area contributed by atoms with Crippen LogP contribution in [0.15, 0.2) is 18.3 Å². The van der Waals surface area contributed by atoms with Gasteiger partial charge in [0.2, 0.25) is 11.8 Å². The summed E-state index contributed by atoms with van der Waals surface area (Å²) in [5.74, 6) is 0.402. The smallest absolute Gasteiger partial charge is 0.246 e. The van der Waals surface area contributed by atoms with Gasteiger partial charge in [-0.05, 0) is 26.8 Å². The second kappa shape index (κ2) is 6.46. The van der Waals surface area contributed by atoms with Gasteiger partial charge >= 0.3 is 0 Å². The standard InChI is InChI=1S/C15H21N5O2/c1-9-14(11(3)20(4)19-9)18-15(21)10(2)17-12-6-7-13(22-5)16-8-12/h6-8,10,17H,1-5H3,(H,18,21)/t10-/m0/s1. The van der Waals surface area contributed by atoms with E-state index in [1.54, 1.807) is 31.0 Å². The van der Waals surface area contributed by atoms with Crippen LogP contribution in [0.1, 0.15) is 18.3 Å². The van der Waals surface area contributed by atoms with Gasteiger partial charge in [-0.2, -0.15) is 5.10 Å². The van der Waals surface area contributed by atoms with Gasteiger partial charge in [-0.1, -0.05) is 0 Å². The average Bonchev–Trinajstić information content (AvgIpc) is 2.74. The molecule has 0 saturated heterocycles. The van der Waals surface area contributed by atoms with Crippen molar-refractivity contribution in [2.75, 3.05) is 17.7 Å². The van der Waals surface area contributed by atoms with Gasteiger partial charge in [0.1, 0.15) is 6.04 Å². The number of methoxy groups -OCH3 is 1. The Kier molecular flexibility index (Phi) is 4.65. The summed E-state index contributed by atoms with van der Waals surface area (Å²) in [6.45, 7) is 5.58. The van der Waals surface area contributed by atoms with E-state index in [0.29, 0.717) is 5.88 Å². The maximum Gasteiger partial charge on any atom is 0.246 e. The number of rotatable bonds is 5. The summed E-state index contributed by atoms with van der Waals surface area (Å²) in [4.78, 5) is 16.4. The van der Waals surface area contributed by atoms with Crippen molar-refractivity contribution in [2.24, 2.45) is 7.05 Å². The number of nitrogens with one attached hydrogen (secondary N) is 2. The van der Waals surface area contributed by atoms with E-state index in [1.165, 1.54) is 0 Å². The van der Waals surface area contributed by atoms with Gasteiger partial charge in [0.25, 0.3) is 0 Å². The van der Waals surface area contributed by atoms with E-state index in [2.05, 4.69) is 20.7 Å². The predicted molar refractivity (Wildman–Crippen MR) is 85.2 cm³/mol. The number of ether oxygens (including phenoxy) is 1. The van der Waals surface area contributed by atoms with Crippen LogP contribution in [0.4, 0.5) is 11.4 Å². The molecule has 2 rings (SSSR count). The lowest BCUT2D eigenvalue weighted by Crippen LogP contribution is -2.32. The third kappa shape index (κ3) is 3.36. The van der Waals surface area contributed by atoms with Crippen molar-refractivity contribution >= 4 is 17.3 Å². The molecule has 0 aliphatic rings. The minimum absolute atomic E-state index is 0.130. The Bertz CT molecular complexity index is 663. The third-order valence-electron chi connectivity index (χ3n) is 3.48. The Morgan fingerprint density at radius 1 is 1.36 bits per heavy atom. The lowest BCUT2D eigenvalue weighted by atomic mass is 10.2. The first-order valence-corrected chi connectivity index (χ1v) is 7.00. The van der Waals surface area contributed by atoms with E-state index in [-0.39, 0.29) is 5.91 Å². The van der Waals surface area contributed by atoms with Gasteiger partial charge in [0.15, 0.2) is 0 Å². The molecule has 7 nitrogen and oxygen atoms in total. The van der Waals surface area contributed by atoms with E-state index >= 15 is 0 Å². The molecule has 0 aliphatic carbocycles. The molecule has 1 atom stereocenters. The van der Waals surface area contributed by atoms with Crippen LogP contribution in [0.3, 0.4) is 0 Å². The Morgan fingerprint density at radius 2 is 2.09 bits per heavy atom. The predicted octanol–water partition coefficient (Wildman–Crippen LogP) is 1.88. The van der Waals surface area contributed by atoms with E-state index < -0.39 is 6.04 Å². The van der Waals surface area contributed by atoms with Crippen LogP contribution in [-0.2, 0) is 11.8 Å². The third-order valence-corrected chi connectivity index (χ3v) is 3.48. The minimum Gasteiger partial charge on any atom is -0.481 e. The summed E-state index contributed by atoms with van der Waals surface area (Å²) >= 11 is 0. The summed E-state index contributed by atoms with van der Waals surface area (Å²) in [5, 5.41) is 10.3. The molecule has 2 aromatic heterocycles. The zero-order valence-electron chi connectivity index (χ0n) is 13.5. The summed E-state index contributed by atoms with van der Waals surface area (Å²) in [7, 11) is 3.41. The lowest BCUT2D eigenvalue weighted by molar-refractivity contribution is -0.116. The molecule has 0 aliphatic heterocycles. The van der Waals surface area contributed by atoms with Crippen molar-refractivity contribution in [3.8, 4) is 5.88 Å². The van der Waals surface area contributed by atoms with Crippen LogP contribution in [0.2, 0.25) is 0 Å². The number of amides is 1. The highest BCUT2D eigenvalue weighted by Crippen LogP contribution is 2.19. The molecule has 118 valence electrons. The van der Waals surface area contributed by atoms with E-state index in [0.717, 1.165) is 22.8 Å². The van der Waals surface area contributed by atoms with Crippen molar-refractivity contribution in [1.29, 1.82) is 0 Å². The topological polar surface area (TPSA) is 81.1 Å². The highest BCUT2D eigenvalue weighted by Gasteiger charge is 2.17. The quantitative estimate of drug-likeness (QED) is 0.881. The van der Waals surface area contributed by atoms with Crippen LogP contribution in [-0.4, -0.2) is 33.8 Å². The molecule has 2 aromatic rings. The first kappa shape index (κ1) is 15.8. The normalized spacial score (nSPS) is 11.9. The summed E-state index contributed by atoms with van der Waals surface area (Å²) < 4.78 is 6.75. The average molecular weight is 303 g/mol. The number of carbonyl (C=O) groups is 1. The van der Waals surface area contributed by atoms with Crippen molar-refractivity contribution in [3.05, 3.63) is 29.7 Å². The van der Waals surface area contributed by atoms with E-state index in [1.807, 2.05) is 27.0 Å². The fourth-order valence-corrected chi connectivity index (χ4v) is 2.09. The van der Waals surface area contributed by atoms with Crippen LogP contribution in [0.25, 0.3) is 0 Å². The van der Waals surface area contributed by atoms with Gasteiger partial charge in [0, 0.05) is 13.1 Å². The summed E-state index contributed by atoms with van der Waals surface area (Å²) in [6, 6.07) is 3.15. The number of nitrogens with zero attached hydrogens (tertiary/aromatic N) is 3. The van der Waals surface area contributed by atoms with Crippen molar-refractivity contribution < 1.29 is 9.53 Å². The Balaban J connectivity index is 2.02.